The lowest BCUT2D eigenvalue weighted by molar-refractivity contribution is 0.256. The number of allylic oxidation sites excluding steroid dienone is 1. The summed E-state index contributed by atoms with van der Waals surface area (Å²) in [6.07, 6.45) is 12.3. The van der Waals surface area contributed by atoms with Gasteiger partial charge in [-0.05, 0) is 72.1 Å². The van der Waals surface area contributed by atoms with Crippen LogP contribution in [0.2, 0.25) is 5.02 Å². The molecule has 1 unspecified atom stereocenters. The number of hydrogen-bond donors (Lipinski definition) is 1. The van der Waals surface area contributed by atoms with E-state index in [1.165, 1.54) is 17.4 Å². The molecule has 1 N–H and O–H groups in total. The first kappa shape index (κ1) is 22.3. The fraction of sp³-hybridized carbons (Fsp3) is 0.360. The van der Waals surface area contributed by atoms with Crippen LogP contribution in [0.4, 0.5) is 0 Å². The van der Waals surface area contributed by atoms with Crippen molar-refractivity contribution >= 4 is 33.3 Å². The summed E-state index contributed by atoms with van der Waals surface area (Å²) in [6, 6.07) is 10.3. The molecule has 3 aromatic rings. The van der Waals surface area contributed by atoms with Gasteiger partial charge in [-0.25, -0.2) is 17.7 Å². The molecular formula is C25H27ClN4O2S. The number of H-pyrrole nitrogens is 1. The number of halogens is 1. The van der Waals surface area contributed by atoms with E-state index < -0.39 is 10.0 Å². The Morgan fingerprint density at radius 2 is 1.97 bits per heavy atom. The number of aromatic nitrogens is 3. The van der Waals surface area contributed by atoms with Crippen molar-refractivity contribution < 1.29 is 8.42 Å². The third-order valence-electron chi connectivity index (χ3n) is 6.84. The topological polar surface area (TPSA) is 79.0 Å². The smallest absolute Gasteiger partial charge is 0.211 e. The zero-order chi connectivity index (χ0) is 23.0. The number of pyridine rings is 1. The van der Waals surface area contributed by atoms with Gasteiger partial charge in [0.2, 0.25) is 10.0 Å². The van der Waals surface area contributed by atoms with Gasteiger partial charge in [0.25, 0.3) is 0 Å². The SMILES string of the molecule is CS(=O)(=O)N1CCC(C2c3ccc(Cl)cc3C=C(CCc3c[nH]cn3)c3cccnc32)CC1. The molecule has 1 aliphatic carbocycles. The molecule has 0 bridgehead atoms. The molecule has 1 aliphatic heterocycles. The molecule has 5 rings (SSSR count). The van der Waals surface area contributed by atoms with Crippen molar-refractivity contribution in [2.45, 2.75) is 31.6 Å². The van der Waals surface area contributed by atoms with Crippen LogP contribution < -0.4 is 0 Å². The molecule has 1 saturated heterocycles. The zero-order valence-corrected chi connectivity index (χ0v) is 20.1. The number of nitrogens with zero attached hydrogens (tertiary/aromatic N) is 3. The third-order valence-corrected chi connectivity index (χ3v) is 8.38. The fourth-order valence-corrected chi connectivity index (χ4v) is 6.27. The van der Waals surface area contributed by atoms with Crippen molar-refractivity contribution in [3.05, 3.63) is 82.2 Å². The van der Waals surface area contributed by atoms with Gasteiger partial charge in [0, 0.05) is 36.4 Å². The van der Waals surface area contributed by atoms with Gasteiger partial charge in [-0.15, -0.1) is 0 Å². The Kier molecular flexibility index (Phi) is 6.12. The second-order valence-corrected chi connectivity index (χ2v) is 11.3. The molecule has 172 valence electrons. The first-order chi connectivity index (χ1) is 15.9. The van der Waals surface area contributed by atoms with Crippen LogP contribution in [0.5, 0.6) is 0 Å². The van der Waals surface area contributed by atoms with Gasteiger partial charge < -0.3 is 4.98 Å². The number of aromatic amines is 1. The molecule has 33 heavy (non-hydrogen) atoms. The summed E-state index contributed by atoms with van der Waals surface area (Å²) in [5, 5.41) is 0.709. The van der Waals surface area contributed by atoms with E-state index >= 15 is 0 Å². The molecule has 0 amide bonds. The Labute approximate surface area is 199 Å². The molecular weight excluding hydrogens is 456 g/mol. The Hall–Kier alpha value is -2.48. The largest absolute Gasteiger partial charge is 0.351 e. The average molecular weight is 483 g/mol. The van der Waals surface area contributed by atoms with Gasteiger partial charge in [0.15, 0.2) is 0 Å². The summed E-state index contributed by atoms with van der Waals surface area (Å²) in [6.45, 7) is 1.09. The number of aryl methyl sites for hydroxylation is 1. The predicted octanol–water partition coefficient (Wildman–Crippen LogP) is 4.75. The monoisotopic (exact) mass is 482 g/mol. The van der Waals surface area contributed by atoms with Gasteiger partial charge >= 0.3 is 0 Å². The highest BCUT2D eigenvalue weighted by Crippen LogP contribution is 2.45. The second-order valence-electron chi connectivity index (χ2n) is 8.92. The second kappa shape index (κ2) is 9.05. The highest BCUT2D eigenvalue weighted by Gasteiger charge is 2.35. The van der Waals surface area contributed by atoms with Crippen molar-refractivity contribution in [3.63, 3.8) is 0 Å². The Morgan fingerprint density at radius 3 is 2.70 bits per heavy atom. The Balaban J connectivity index is 1.55. The summed E-state index contributed by atoms with van der Waals surface area (Å²) >= 11 is 6.42. The lowest BCUT2D eigenvalue weighted by Gasteiger charge is -2.35. The predicted molar refractivity (Wildman–Crippen MR) is 131 cm³/mol. The van der Waals surface area contributed by atoms with Gasteiger partial charge in [0.1, 0.15) is 0 Å². The molecule has 0 saturated carbocycles. The number of piperidine rings is 1. The first-order valence-electron chi connectivity index (χ1n) is 11.3. The fourth-order valence-electron chi connectivity index (χ4n) is 5.22. The number of nitrogens with one attached hydrogen (secondary N) is 1. The molecule has 2 aromatic heterocycles. The van der Waals surface area contributed by atoms with Gasteiger partial charge in [-0.3, -0.25) is 4.98 Å². The first-order valence-corrected chi connectivity index (χ1v) is 13.5. The number of hydrogen-bond acceptors (Lipinski definition) is 4. The average Bonchev–Trinajstić information content (AvgIpc) is 3.27. The van der Waals surface area contributed by atoms with Crippen LogP contribution >= 0.6 is 11.6 Å². The maximum Gasteiger partial charge on any atom is 0.211 e. The van der Waals surface area contributed by atoms with Gasteiger partial charge in [-0.2, -0.15) is 0 Å². The maximum absolute atomic E-state index is 12.1. The number of fused-ring (bicyclic) bond motifs is 2. The van der Waals surface area contributed by atoms with Crippen LogP contribution in [-0.2, 0) is 16.4 Å². The number of sulfonamides is 1. The lowest BCUT2D eigenvalue weighted by atomic mass is 9.76. The van der Waals surface area contributed by atoms with Gasteiger partial charge in [-0.1, -0.05) is 29.8 Å². The molecule has 1 fully saturated rings. The van der Waals surface area contributed by atoms with E-state index in [0.29, 0.717) is 24.0 Å². The van der Waals surface area contributed by atoms with Crippen LogP contribution in [0.25, 0.3) is 11.6 Å². The maximum atomic E-state index is 12.1. The Morgan fingerprint density at radius 1 is 1.15 bits per heavy atom. The van der Waals surface area contributed by atoms with E-state index in [4.69, 9.17) is 16.6 Å². The molecule has 3 heterocycles. The van der Waals surface area contributed by atoms with E-state index in [0.717, 1.165) is 48.2 Å². The van der Waals surface area contributed by atoms with E-state index in [-0.39, 0.29) is 5.92 Å². The van der Waals surface area contributed by atoms with Crippen LogP contribution in [-0.4, -0.2) is 47.0 Å². The summed E-state index contributed by atoms with van der Waals surface area (Å²) in [5.41, 5.74) is 6.82. The minimum Gasteiger partial charge on any atom is -0.351 e. The van der Waals surface area contributed by atoms with E-state index in [1.807, 2.05) is 30.6 Å². The third kappa shape index (κ3) is 4.63. The van der Waals surface area contributed by atoms with E-state index in [1.54, 1.807) is 10.6 Å². The number of benzene rings is 1. The number of imidazole rings is 1. The molecule has 0 radical (unpaired) electrons. The zero-order valence-electron chi connectivity index (χ0n) is 18.5. The minimum absolute atomic E-state index is 0.0920. The molecule has 6 nitrogen and oxygen atoms in total. The van der Waals surface area contributed by atoms with Gasteiger partial charge in [0.05, 0.1) is 24.0 Å². The summed E-state index contributed by atoms with van der Waals surface area (Å²) < 4.78 is 25.7. The highest BCUT2D eigenvalue weighted by molar-refractivity contribution is 7.88. The molecule has 2 aliphatic rings. The van der Waals surface area contributed by atoms with E-state index in [2.05, 4.69) is 28.2 Å². The van der Waals surface area contributed by atoms with Crippen molar-refractivity contribution in [2.24, 2.45) is 5.92 Å². The van der Waals surface area contributed by atoms with Crippen molar-refractivity contribution in [1.82, 2.24) is 19.3 Å². The molecule has 1 atom stereocenters. The van der Waals surface area contributed by atoms with Crippen molar-refractivity contribution in [1.29, 1.82) is 0 Å². The van der Waals surface area contributed by atoms with Crippen molar-refractivity contribution in [2.75, 3.05) is 19.3 Å². The minimum atomic E-state index is -3.17. The van der Waals surface area contributed by atoms with Crippen LogP contribution in [0.15, 0.2) is 49.1 Å². The van der Waals surface area contributed by atoms with Crippen LogP contribution in [0, 0.1) is 5.92 Å². The number of rotatable bonds is 5. The standard InChI is InChI=1S/C25H27ClN4O2S/c1-33(31,32)30-11-8-17(9-12-30)24-22-7-5-20(26)14-19(22)13-18(4-6-21-15-27-16-29-21)23-3-2-10-28-25(23)24/h2-3,5,7,10,13-17,24H,4,6,8-9,11-12H2,1H3,(H,27,29). The molecule has 0 spiro atoms. The van der Waals surface area contributed by atoms with E-state index in [9.17, 15) is 8.42 Å². The summed E-state index contributed by atoms with van der Waals surface area (Å²) in [5.74, 6) is 0.393. The van der Waals surface area contributed by atoms with Crippen molar-refractivity contribution in [3.8, 4) is 0 Å². The Bertz CT molecular complexity index is 1280. The van der Waals surface area contributed by atoms with Crippen LogP contribution in [0.1, 0.15) is 53.3 Å². The quantitative estimate of drug-likeness (QED) is 0.569. The lowest BCUT2D eigenvalue weighted by Crippen LogP contribution is -2.39. The highest BCUT2D eigenvalue weighted by atomic mass is 35.5. The van der Waals surface area contributed by atoms with Crippen LogP contribution in [0.3, 0.4) is 0 Å². The summed E-state index contributed by atoms with van der Waals surface area (Å²) in [7, 11) is -3.17. The molecule has 8 heteroatoms. The molecule has 1 aromatic carbocycles. The summed E-state index contributed by atoms with van der Waals surface area (Å²) in [4.78, 5) is 12.3. The normalized spacial score (nSPS) is 19.5.